The summed E-state index contributed by atoms with van der Waals surface area (Å²) in [5, 5.41) is 0. The van der Waals surface area contributed by atoms with E-state index < -0.39 is 5.91 Å². The molecule has 3 rings (SSSR count). The van der Waals surface area contributed by atoms with Crippen LogP contribution in [0.1, 0.15) is 28.9 Å². The Labute approximate surface area is 117 Å². The van der Waals surface area contributed by atoms with E-state index in [1.807, 2.05) is 12.1 Å². The zero-order valence-corrected chi connectivity index (χ0v) is 11.4. The molecule has 1 aliphatic heterocycles. The van der Waals surface area contributed by atoms with Gasteiger partial charge in [-0.1, -0.05) is 0 Å². The average Bonchev–Trinajstić information content (AvgIpc) is 2.82. The van der Waals surface area contributed by atoms with Crippen LogP contribution in [0, 0.1) is 0 Å². The second-order valence-corrected chi connectivity index (χ2v) is 4.92. The van der Waals surface area contributed by atoms with Crippen LogP contribution in [-0.2, 0) is 13.0 Å². The summed E-state index contributed by atoms with van der Waals surface area (Å²) in [7, 11) is 1.58. The molecule has 1 amide bonds. The topological polar surface area (TPSA) is 70.1 Å². The van der Waals surface area contributed by atoms with Gasteiger partial charge in [-0.15, -0.1) is 0 Å². The van der Waals surface area contributed by atoms with Gasteiger partial charge in [-0.2, -0.15) is 0 Å². The van der Waals surface area contributed by atoms with Crippen LogP contribution in [0.5, 0.6) is 5.75 Å². The Morgan fingerprint density at radius 2 is 2.30 bits per heavy atom. The average molecular weight is 271 g/mol. The molecule has 0 aliphatic carbocycles. The van der Waals surface area contributed by atoms with Crippen LogP contribution in [0.3, 0.4) is 0 Å². The summed E-state index contributed by atoms with van der Waals surface area (Å²) in [6, 6.07) is 3.85. The Hall–Kier alpha value is -2.30. The molecule has 0 saturated heterocycles. The molecule has 2 N–H and O–H groups in total. The summed E-state index contributed by atoms with van der Waals surface area (Å²) in [6.45, 7) is 0.878. The van der Waals surface area contributed by atoms with Crippen LogP contribution in [-0.4, -0.2) is 22.6 Å². The minimum Gasteiger partial charge on any atom is -0.494 e. The molecular weight excluding hydrogens is 254 g/mol. The summed E-state index contributed by atoms with van der Waals surface area (Å²) in [5.41, 5.74) is 8.91. The van der Waals surface area contributed by atoms with Crippen molar-refractivity contribution in [1.29, 1.82) is 0 Å². The largest absolute Gasteiger partial charge is 0.494 e. The molecular formula is C15H17N3O2. The number of nitrogens with two attached hydrogens (primary N) is 1. The number of carbonyl (C=O) groups is 1. The van der Waals surface area contributed by atoms with E-state index >= 15 is 0 Å². The Morgan fingerprint density at radius 1 is 1.45 bits per heavy atom. The third-order valence-electron chi connectivity index (χ3n) is 3.76. The minimum absolute atomic E-state index is 0.428. The predicted molar refractivity (Wildman–Crippen MR) is 75.7 cm³/mol. The van der Waals surface area contributed by atoms with Crippen LogP contribution in [0.4, 0.5) is 0 Å². The molecule has 0 unspecified atom stereocenters. The zero-order valence-electron chi connectivity index (χ0n) is 11.4. The fourth-order valence-corrected chi connectivity index (χ4v) is 2.95. The first-order valence-electron chi connectivity index (χ1n) is 6.73. The fraction of sp³-hybridized carbons (Fsp3) is 0.333. The van der Waals surface area contributed by atoms with Gasteiger partial charge >= 0.3 is 0 Å². The lowest BCUT2D eigenvalue weighted by atomic mass is 10.1. The van der Waals surface area contributed by atoms with Crippen LogP contribution < -0.4 is 10.5 Å². The summed E-state index contributed by atoms with van der Waals surface area (Å²) in [5.74, 6) is 0.144. The molecule has 0 saturated carbocycles. The highest BCUT2D eigenvalue weighted by molar-refractivity contribution is 6.00. The van der Waals surface area contributed by atoms with Gasteiger partial charge in [0.2, 0.25) is 0 Å². The third kappa shape index (κ3) is 1.86. The molecule has 0 fully saturated rings. The fourth-order valence-electron chi connectivity index (χ4n) is 2.95. The number of hydrogen-bond donors (Lipinski definition) is 1. The second kappa shape index (κ2) is 5.00. The van der Waals surface area contributed by atoms with Crippen molar-refractivity contribution < 1.29 is 9.53 Å². The first kappa shape index (κ1) is 12.7. The third-order valence-corrected chi connectivity index (χ3v) is 3.76. The van der Waals surface area contributed by atoms with Crippen LogP contribution in [0.2, 0.25) is 0 Å². The van der Waals surface area contributed by atoms with Crippen molar-refractivity contribution in [2.75, 3.05) is 7.11 Å². The van der Waals surface area contributed by atoms with Gasteiger partial charge in [0, 0.05) is 30.2 Å². The van der Waals surface area contributed by atoms with Crippen molar-refractivity contribution in [3.63, 3.8) is 0 Å². The number of rotatable bonds is 3. The zero-order chi connectivity index (χ0) is 14.1. The van der Waals surface area contributed by atoms with Gasteiger partial charge in [0.1, 0.15) is 5.56 Å². The quantitative estimate of drug-likeness (QED) is 0.928. The summed E-state index contributed by atoms with van der Waals surface area (Å²) >= 11 is 0. The number of hydrogen-bond acceptors (Lipinski definition) is 3. The van der Waals surface area contributed by atoms with Gasteiger partial charge in [-0.05, 0) is 31.4 Å². The maximum Gasteiger partial charge on any atom is 0.254 e. The van der Waals surface area contributed by atoms with Crippen molar-refractivity contribution in [2.24, 2.45) is 5.73 Å². The number of amides is 1. The maximum atomic E-state index is 11.8. The molecule has 0 spiro atoms. The first-order chi connectivity index (χ1) is 9.74. The van der Waals surface area contributed by atoms with Crippen LogP contribution >= 0.6 is 0 Å². The number of aromatic nitrogens is 2. The molecule has 0 atom stereocenters. The highest BCUT2D eigenvalue weighted by Gasteiger charge is 2.29. The van der Waals surface area contributed by atoms with Crippen molar-refractivity contribution in [3.05, 3.63) is 35.8 Å². The Balaban J connectivity index is 2.30. The van der Waals surface area contributed by atoms with E-state index in [-0.39, 0.29) is 0 Å². The standard InChI is InChI=1S/C15H17N3O2/c1-20-14-12(15(16)19)11-6-2-3-8-18(11)13(14)10-5-4-7-17-9-10/h4-5,7,9H,2-3,6,8H2,1H3,(H2,16,19). The Kier molecular flexibility index (Phi) is 3.18. The van der Waals surface area contributed by atoms with Crippen molar-refractivity contribution in [2.45, 2.75) is 25.8 Å². The van der Waals surface area contributed by atoms with Gasteiger partial charge in [0.15, 0.2) is 5.75 Å². The molecule has 104 valence electrons. The highest BCUT2D eigenvalue weighted by Crippen LogP contribution is 2.40. The SMILES string of the molecule is COc1c(C(N)=O)c2n(c1-c1cccnc1)CCCC2. The van der Waals surface area contributed by atoms with Gasteiger partial charge in [-0.3, -0.25) is 9.78 Å². The minimum atomic E-state index is -0.428. The molecule has 0 bridgehead atoms. The van der Waals surface area contributed by atoms with Gasteiger partial charge in [0.05, 0.1) is 12.8 Å². The number of methoxy groups -OCH3 is 1. The first-order valence-corrected chi connectivity index (χ1v) is 6.73. The number of nitrogens with zero attached hydrogens (tertiary/aromatic N) is 2. The van der Waals surface area contributed by atoms with Crippen LogP contribution in [0.25, 0.3) is 11.3 Å². The summed E-state index contributed by atoms with van der Waals surface area (Å²) in [4.78, 5) is 16.0. The number of pyridine rings is 1. The van der Waals surface area contributed by atoms with Crippen molar-refractivity contribution in [1.82, 2.24) is 9.55 Å². The molecule has 1 aliphatic rings. The van der Waals surface area contributed by atoms with E-state index in [0.29, 0.717) is 11.3 Å². The monoisotopic (exact) mass is 271 g/mol. The molecule has 0 aromatic carbocycles. The molecule has 5 nitrogen and oxygen atoms in total. The van der Waals surface area contributed by atoms with Gasteiger partial charge in [0.25, 0.3) is 5.91 Å². The number of ether oxygens (including phenoxy) is 1. The second-order valence-electron chi connectivity index (χ2n) is 4.92. The molecule has 2 aromatic heterocycles. The molecule has 20 heavy (non-hydrogen) atoms. The molecule has 2 aromatic rings. The molecule has 3 heterocycles. The van der Waals surface area contributed by atoms with E-state index in [4.69, 9.17) is 10.5 Å². The number of primary amides is 1. The van der Waals surface area contributed by atoms with E-state index in [1.165, 1.54) is 0 Å². The smallest absolute Gasteiger partial charge is 0.254 e. The lowest BCUT2D eigenvalue weighted by Crippen LogP contribution is -2.17. The summed E-state index contributed by atoms with van der Waals surface area (Å²) < 4.78 is 7.65. The maximum absolute atomic E-state index is 11.8. The van der Waals surface area contributed by atoms with Crippen molar-refractivity contribution in [3.8, 4) is 17.0 Å². The van der Waals surface area contributed by atoms with Crippen molar-refractivity contribution >= 4 is 5.91 Å². The lowest BCUT2D eigenvalue weighted by molar-refractivity contribution is 0.0996. The summed E-state index contributed by atoms with van der Waals surface area (Å²) in [6.07, 6.45) is 6.53. The Bertz CT molecular complexity index is 647. The Morgan fingerprint density at radius 3 is 2.95 bits per heavy atom. The van der Waals surface area contributed by atoms with E-state index in [2.05, 4.69) is 9.55 Å². The van der Waals surface area contributed by atoms with E-state index in [0.717, 1.165) is 42.8 Å². The van der Waals surface area contributed by atoms with Crippen LogP contribution in [0.15, 0.2) is 24.5 Å². The van der Waals surface area contributed by atoms with E-state index in [9.17, 15) is 4.79 Å². The number of fused-ring (bicyclic) bond motifs is 1. The van der Waals surface area contributed by atoms with E-state index in [1.54, 1.807) is 19.5 Å². The van der Waals surface area contributed by atoms with Gasteiger partial charge in [-0.25, -0.2) is 0 Å². The normalized spacial score (nSPS) is 13.8. The highest BCUT2D eigenvalue weighted by atomic mass is 16.5. The lowest BCUT2D eigenvalue weighted by Gasteiger charge is -2.18. The predicted octanol–water partition coefficient (Wildman–Crippen LogP) is 1.99. The molecule has 0 radical (unpaired) electrons. The number of carbonyl (C=O) groups excluding carboxylic acids is 1. The van der Waals surface area contributed by atoms with Gasteiger partial charge < -0.3 is 15.0 Å². The molecule has 5 heteroatoms.